The SMILES string of the molecule is CC(=O)N1CCC(C(=O)Nc2ccccc2CNc2ccccc2Oc2ccc(O)cc2)CC1. The van der Waals surface area contributed by atoms with Gasteiger partial charge in [0.15, 0.2) is 5.75 Å². The fraction of sp³-hybridized carbons (Fsp3) is 0.259. The van der Waals surface area contributed by atoms with Crippen LogP contribution in [0.5, 0.6) is 17.2 Å². The summed E-state index contributed by atoms with van der Waals surface area (Å²) in [4.78, 5) is 26.2. The van der Waals surface area contributed by atoms with E-state index in [4.69, 9.17) is 4.74 Å². The molecule has 34 heavy (non-hydrogen) atoms. The third-order valence-corrected chi connectivity index (χ3v) is 6.01. The Morgan fingerprint density at radius 2 is 1.59 bits per heavy atom. The van der Waals surface area contributed by atoms with Crippen LogP contribution in [0.4, 0.5) is 11.4 Å². The number of likely N-dealkylation sites (tertiary alicyclic amines) is 1. The number of phenolic OH excluding ortho intramolecular Hbond substituents is 1. The molecule has 0 atom stereocenters. The van der Waals surface area contributed by atoms with Crippen molar-refractivity contribution in [1.82, 2.24) is 4.90 Å². The molecule has 1 fully saturated rings. The van der Waals surface area contributed by atoms with Gasteiger partial charge in [-0.1, -0.05) is 30.3 Å². The van der Waals surface area contributed by atoms with Crippen molar-refractivity contribution in [2.75, 3.05) is 23.7 Å². The van der Waals surface area contributed by atoms with Gasteiger partial charge in [-0.05, 0) is 60.9 Å². The summed E-state index contributed by atoms with van der Waals surface area (Å²) >= 11 is 0. The van der Waals surface area contributed by atoms with E-state index in [-0.39, 0.29) is 23.5 Å². The van der Waals surface area contributed by atoms with Crippen molar-refractivity contribution in [1.29, 1.82) is 0 Å². The summed E-state index contributed by atoms with van der Waals surface area (Å²) in [6.45, 7) is 3.30. The van der Waals surface area contributed by atoms with Crippen LogP contribution in [0.25, 0.3) is 0 Å². The van der Waals surface area contributed by atoms with Crippen molar-refractivity contribution in [3.05, 3.63) is 78.4 Å². The smallest absolute Gasteiger partial charge is 0.227 e. The summed E-state index contributed by atoms with van der Waals surface area (Å²) in [6, 6.07) is 21.9. The number of benzene rings is 3. The number of aromatic hydroxyl groups is 1. The number of amides is 2. The average Bonchev–Trinajstić information content (AvgIpc) is 2.85. The number of para-hydroxylation sites is 3. The molecule has 0 aromatic heterocycles. The summed E-state index contributed by atoms with van der Waals surface area (Å²) in [5.41, 5.74) is 2.54. The fourth-order valence-electron chi connectivity index (χ4n) is 4.02. The van der Waals surface area contributed by atoms with Crippen molar-refractivity contribution in [2.45, 2.75) is 26.3 Å². The van der Waals surface area contributed by atoms with E-state index in [1.807, 2.05) is 48.5 Å². The van der Waals surface area contributed by atoms with Crippen LogP contribution in [0.15, 0.2) is 72.8 Å². The van der Waals surface area contributed by atoms with E-state index in [9.17, 15) is 14.7 Å². The Kier molecular flexibility index (Phi) is 7.32. The van der Waals surface area contributed by atoms with Crippen LogP contribution in [0.1, 0.15) is 25.3 Å². The second kappa shape index (κ2) is 10.7. The monoisotopic (exact) mass is 459 g/mol. The molecule has 176 valence electrons. The number of carbonyl (C=O) groups is 2. The highest BCUT2D eigenvalue weighted by Crippen LogP contribution is 2.31. The number of rotatable bonds is 7. The van der Waals surface area contributed by atoms with Crippen LogP contribution >= 0.6 is 0 Å². The standard InChI is InChI=1S/C27H29N3O4/c1-19(31)30-16-14-20(15-17-30)27(33)29-24-7-3-2-6-21(24)18-28-25-8-4-5-9-26(25)34-23-12-10-22(32)11-13-23/h2-13,20,28,32H,14-18H2,1H3,(H,29,33). The minimum absolute atomic E-state index is 0.00767. The van der Waals surface area contributed by atoms with Crippen LogP contribution in [0, 0.1) is 5.92 Å². The van der Waals surface area contributed by atoms with Gasteiger partial charge in [-0.25, -0.2) is 0 Å². The molecule has 0 saturated carbocycles. The molecule has 0 spiro atoms. The van der Waals surface area contributed by atoms with Crippen molar-refractivity contribution >= 4 is 23.2 Å². The molecule has 0 radical (unpaired) electrons. The molecule has 3 aromatic carbocycles. The summed E-state index contributed by atoms with van der Waals surface area (Å²) in [6.07, 6.45) is 1.35. The molecule has 2 amide bonds. The van der Waals surface area contributed by atoms with Gasteiger partial charge in [0, 0.05) is 38.2 Å². The minimum Gasteiger partial charge on any atom is -0.508 e. The van der Waals surface area contributed by atoms with E-state index in [1.54, 1.807) is 36.1 Å². The molecular weight excluding hydrogens is 430 g/mol. The normalized spacial score (nSPS) is 13.9. The molecule has 3 aromatic rings. The van der Waals surface area contributed by atoms with Gasteiger partial charge in [0.25, 0.3) is 0 Å². The van der Waals surface area contributed by atoms with Gasteiger partial charge in [0.1, 0.15) is 11.5 Å². The lowest BCUT2D eigenvalue weighted by atomic mass is 9.95. The second-order valence-corrected chi connectivity index (χ2v) is 8.37. The number of hydrogen-bond donors (Lipinski definition) is 3. The van der Waals surface area contributed by atoms with Crippen LogP contribution < -0.4 is 15.4 Å². The zero-order valence-corrected chi connectivity index (χ0v) is 19.2. The zero-order valence-electron chi connectivity index (χ0n) is 19.2. The van der Waals surface area contributed by atoms with E-state index >= 15 is 0 Å². The van der Waals surface area contributed by atoms with E-state index in [2.05, 4.69) is 10.6 Å². The number of carbonyl (C=O) groups excluding carboxylic acids is 2. The van der Waals surface area contributed by atoms with E-state index in [1.165, 1.54) is 0 Å². The van der Waals surface area contributed by atoms with Crippen molar-refractivity contribution in [2.24, 2.45) is 5.92 Å². The van der Waals surface area contributed by atoms with Gasteiger partial charge >= 0.3 is 0 Å². The van der Waals surface area contributed by atoms with Crippen LogP contribution in [-0.4, -0.2) is 34.9 Å². The molecule has 0 bridgehead atoms. The van der Waals surface area contributed by atoms with Gasteiger partial charge in [-0.3, -0.25) is 9.59 Å². The van der Waals surface area contributed by atoms with E-state index < -0.39 is 0 Å². The van der Waals surface area contributed by atoms with Crippen molar-refractivity contribution < 1.29 is 19.4 Å². The maximum atomic E-state index is 12.9. The van der Waals surface area contributed by atoms with E-state index in [0.29, 0.717) is 44.0 Å². The minimum atomic E-state index is -0.101. The number of nitrogens with one attached hydrogen (secondary N) is 2. The lowest BCUT2D eigenvalue weighted by Crippen LogP contribution is -2.40. The van der Waals surface area contributed by atoms with Gasteiger partial charge in [0.2, 0.25) is 11.8 Å². The number of ether oxygens (including phenoxy) is 1. The van der Waals surface area contributed by atoms with Crippen LogP contribution in [0.3, 0.4) is 0 Å². The highest BCUT2D eigenvalue weighted by atomic mass is 16.5. The van der Waals surface area contributed by atoms with Crippen molar-refractivity contribution in [3.8, 4) is 17.2 Å². The van der Waals surface area contributed by atoms with Crippen LogP contribution in [0.2, 0.25) is 0 Å². The molecule has 7 heteroatoms. The van der Waals surface area contributed by atoms with E-state index in [0.717, 1.165) is 16.9 Å². The average molecular weight is 460 g/mol. The Labute approximate surface area is 199 Å². The molecular formula is C27H29N3O4. The largest absolute Gasteiger partial charge is 0.508 e. The molecule has 1 heterocycles. The highest BCUT2D eigenvalue weighted by Gasteiger charge is 2.26. The lowest BCUT2D eigenvalue weighted by Gasteiger charge is -2.30. The molecule has 7 nitrogen and oxygen atoms in total. The summed E-state index contributed by atoms with van der Waals surface area (Å²) in [7, 11) is 0. The first kappa shape index (κ1) is 23.2. The third-order valence-electron chi connectivity index (χ3n) is 6.01. The topological polar surface area (TPSA) is 90.9 Å². The highest BCUT2D eigenvalue weighted by molar-refractivity contribution is 5.93. The lowest BCUT2D eigenvalue weighted by molar-refractivity contribution is -0.132. The van der Waals surface area contributed by atoms with Gasteiger partial charge in [-0.2, -0.15) is 0 Å². The van der Waals surface area contributed by atoms with Gasteiger partial charge in [0.05, 0.1) is 5.69 Å². The molecule has 0 unspecified atom stereocenters. The Morgan fingerprint density at radius 1 is 0.941 bits per heavy atom. The third kappa shape index (κ3) is 5.86. The summed E-state index contributed by atoms with van der Waals surface area (Å²) < 4.78 is 5.98. The first-order chi connectivity index (χ1) is 16.5. The second-order valence-electron chi connectivity index (χ2n) is 8.37. The van der Waals surface area contributed by atoms with Crippen molar-refractivity contribution in [3.63, 3.8) is 0 Å². The predicted octanol–water partition coefficient (Wildman–Crippen LogP) is 4.99. The quantitative estimate of drug-likeness (QED) is 0.463. The maximum Gasteiger partial charge on any atom is 0.227 e. The number of hydrogen-bond acceptors (Lipinski definition) is 5. The summed E-state index contributed by atoms with van der Waals surface area (Å²) in [5, 5.41) is 16.0. The number of piperidine rings is 1. The predicted molar refractivity (Wildman–Crippen MR) is 132 cm³/mol. The maximum absolute atomic E-state index is 12.9. The molecule has 4 rings (SSSR count). The number of nitrogens with zero attached hydrogens (tertiary/aromatic N) is 1. The molecule has 3 N–H and O–H groups in total. The zero-order chi connectivity index (χ0) is 23.9. The first-order valence-electron chi connectivity index (χ1n) is 11.4. The van der Waals surface area contributed by atoms with Crippen LogP contribution in [-0.2, 0) is 16.1 Å². The Morgan fingerprint density at radius 3 is 2.29 bits per heavy atom. The fourth-order valence-corrected chi connectivity index (χ4v) is 4.02. The Balaban J connectivity index is 1.40. The van der Waals surface area contributed by atoms with Gasteiger partial charge in [-0.15, -0.1) is 0 Å². The Hall–Kier alpha value is -4.00. The number of anilines is 2. The molecule has 1 aliphatic rings. The molecule has 1 saturated heterocycles. The first-order valence-corrected chi connectivity index (χ1v) is 11.4. The summed E-state index contributed by atoms with van der Waals surface area (Å²) in [5.74, 6) is 1.41. The molecule has 0 aliphatic carbocycles. The van der Waals surface area contributed by atoms with Gasteiger partial charge < -0.3 is 25.4 Å². The Bertz CT molecular complexity index is 1140. The number of phenols is 1. The molecule has 1 aliphatic heterocycles.